The van der Waals surface area contributed by atoms with Gasteiger partial charge in [0.25, 0.3) is 0 Å². The molecule has 2 heterocycles. The van der Waals surface area contributed by atoms with Crippen molar-refractivity contribution in [3.05, 3.63) is 99.2 Å². The molecule has 2 fully saturated rings. The number of H-pyrrole nitrogens is 1. The Morgan fingerprint density at radius 3 is 2.03 bits per heavy atom. The largest absolute Gasteiger partial charge is 0.446 e. The number of ether oxygens (including phenoxy) is 1. The number of amides is 1. The Morgan fingerprint density at radius 2 is 1.42 bits per heavy atom. The highest BCUT2D eigenvalue weighted by atomic mass is 35.5. The number of carbonyl (C=O) groups is 1. The minimum Gasteiger partial charge on any atom is -0.446 e. The van der Waals surface area contributed by atoms with Crippen LogP contribution in [0.3, 0.4) is 0 Å². The van der Waals surface area contributed by atoms with Gasteiger partial charge in [-0.05, 0) is 91.6 Å². The zero-order chi connectivity index (χ0) is 26.1. The lowest BCUT2D eigenvalue weighted by Gasteiger charge is -2.31. The van der Waals surface area contributed by atoms with Gasteiger partial charge in [-0.3, -0.25) is 5.10 Å². The lowest BCUT2D eigenvalue weighted by atomic mass is 9.84. The number of hydrogen-bond donors (Lipinski definition) is 1. The number of likely N-dealkylation sites (tertiary alicyclic amines) is 1. The topological polar surface area (TPSA) is 58.2 Å². The number of piperidine rings is 1. The Labute approximate surface area is 233 Å². The minimum atomic E-state index is -0.154. The summed E-state index contributed by atoms with van der Waals surface area (Å²) in [5.74, 6) is 0.322. The van der Waals surface area contributed by atoms with E-state index >= 15 is 0 Å². The minimum absolute atomic E-state index is 0.0314. The van der Waals surface area contributed by atoms with E-state index in [0.717, 1.165) is 76.3 Å². The first-order chi connectivity index (χ1) is 18.5. The van der Waals surface area contributed by atoms with Crippen LogP contribution in [0.1, 0.15) is 72.7 Å². The number of fused-ring (bicyclic) bond motifs is 1. The summed E-state index contributed by atoms with van der Waals surface area (Å²) >= 11 is 12.4. The molecule has 0 atom stereocenters. The van der Waals surface area contributed by atoms with E-state index in [0.29, 0.717) is 19.0 Å². The maximum Gasteiger partial charge on any atom is 0.410 e. The van der Waals surface area contributed by atoms with E-state index in [-0.39, 0.29) is 18.1 Å². The highest BCUT2D eigenvalue weighted by Gasteiger charge is 2.29. The molecule has 38 heavy (non-hydrogen) atoms. The van der Waals surface area contributed by atoms with Gasteiger partial charge in [0.1, 0.15) is 6.10 Å². The normalized spacial score (nSPS) is 17.0. The third-order valence-electron chi connectivity index (χ3n) is 8.07. The Morgan fingerprint density at radius 1 is 0.842 bits per heavy atom. The first-order valence-corrected chi connectivity index (χ1v) is 14.2. The predicted octanol–water partition coefficient (Wildman–Crippen LogP) is 8.31. The maximum absolute atomic E-state index is 12.7. The highest BCUT2D eigenvalue weighted by Crippen LogP contribution is 2.37. The number of rotatable bonds is 5. The fourth-order valence-electron chi connectivity index (χ4n) is 5.99. The van der Waals surface area contributed by atoms with Crippen LogP contribution in [0.5, 0.6) is 0 Å². The van der Waals surface area contributed by atoms with Gasteiger partial charge < -0.3 is 9.64 Å². The van der Waals surface area contributed by atoms with E-state index in [2.05, 4.69) is 47.6 Å². The molecule has 196 valence electrons. The van der Waals surface area contributed by atoms with Gasteiger partial charge in [0.15, 0.2) is 0 Å². The van der Waals surface area contributed by atoms with Crippen LogP contribution in [-0.4, -0.2) is 40.4 Å². The molecule has 0 unspecified atom stereocenters. The van der Waals surface area contributed by atoms with Crippen LogP contribution >= 0.6 is 23.2 Å². The number of nitrogens with one attached hydrogen (secondary N) is 1. The molecule has 0 spiro atoms. The lowest BCUT2D eigenvalue weighted by molar-refractivity contribution is 0.0585. The van der Waals surface area contributed by atoms with Gasteiger partial charge in [-0.2, -0.15) is 5.10 Å². The van der Waals surface area contributed by atoms with Crippen molar-refractivity contribution < 1.29 is 9.53 Å². The van der Waals surface area contributed by atoms with Crippen molar-refractivity contribution in [3.63, 3.8) is 0 Å². The molecule has 5 nitrogen and oxygen atoms in total. The lowest BCUT2D eigenvalue weighted by Crippen LogP contribution is -2.39. The van der Waals surface area contributed by atoms with E-state index in [1.54, 1.807) is 0 Å². The van der Waals surface area contributed by atoms with Crippen LogP contribution < -0.4 is 0 Å². The quantitative estimate of drug-likeness (QED) is 0.255. The third kappa shape index (κ3) is 5.27. The first kappa shape index (κ1) is 25.3. The number of benzene rings is 3. The fourth-order valence-corrected chi connectivity index (χ4v) is 6.24. The Balaban J connectivity index is 1.26. The van der Waals surface area contributed by atoms with Gasteiger partial charge >= 0.3 is 6.09 Å². The predicted molar refractivity (Wildman–Crippen MR) is 152 cm³/mol. The van der Waals surface area contributed by atoms with Crippen molar-refractivity contribution in [1.29, 1.82) is 0 Å². The Bertz CT molecular complexity index is 1360. The SMILES string of the molecule is O=C(OC1CCCC1)N1CCC(c2n[nH]c3ccc(C(c4ccc(Cl)cc4)c4ccc(Cl)cc4)cc23)CC1. The summed E-state index contributed by atoms with van der Waals surface area (Å²) in [6.07, 6.45) is 6.01. The second-order valence-electron chi connectivity index (χ2n) is 10.5. The van der Waals surface area contributed by atoms with Crippen LogP contribution in [0, 0.1) is 0 Å². The number of nitrogens with zero attached hydrogens (tertiary/aromatic N) is 2. The van der Waals surface area contributed by atoms with E-state index < -0.39 is 0 Å². The Hall–Kier alpha value is -3.02. The average molecular weight is 549 g/mol. The Kier molecular flexibility index (Phi) is 7.31. The molecular weight excluding hydrogens is 517 g/mol. The van der Waals surface area contributed by atoms with Gasteiger partial charge in [0, 0.05) is 40.4 Å². The van der Waals surface area contributed by atoms with E-state index in [1.165, 1.54) is 5.56 Å². The van der Waals surface area contributed by atoms with Crippen LogP contribution in [0.15, 0.2) is 66.7 Å². The summed E-state index contributed by atoms with van der Waals surface area (Å²) in [6.45, 7) is 1.39. The van der Waals surface area contributed by atoms with Gasteiger partial charge in [-0.25, -0.2) is 4.79 Å². The number of hydrogen-bond acceptors (Lipinski definition) is 3. The molecule has 1 aliphatic carbocycles. The molecular formula is C31H31Cl2N3O2. The highest BCUT2D eigenvalue weighted by molar-refractivity contribution is 6.30. The van der Waals surface area contributed by atoms with Crippen molar-refractivity contribution in [2.24, 2.45) is 0 Å². The van der Waals surface area contributed by atoms with E-state index in [4.69, 9.17) is 33.0 Å². The summed E-state index contributed by atoms with van der Waals surface area (Å²) in [5.41, 5.74) is 5.61. The van der Waals surface area contributed by atoms with Crippen molar-refractivity contribution in [1.82, 2.24) is 15.1 Å². The number of halogens is 2. The van der Waals surface area contributed by atoms with Gasteiger partial charge in [0.05, 0.1) is 11.2 Å². The average Bonchev–Trinajstić information content (AvgIpc) is 3.61. The number of aromatic amines is 1. The molecule has 0 radical (unpaired) electrons. The summed E-state index contributed by atoms with van der Waals surface area (Å²) in [4.78, 5) is 14.5. The number of carbonyl (C=O) groups excluding carboxylic acids is 1. The maximum atomic E-state index is 12.7. The molecule has 3 aromatic carbocycles. The van der Waals surface area contributed by atoms with Crippen molar-refractivity contribution in [2.45, 2.75) is 56.5 Å². The third-order valence-corrected chi connectivity index (χ3v) is 8.57. The zero-order valence-electron chi connectivity index (χ0n) is 21.2. The summed E-state index contributed by atoms with van der Waals surface area (Å²) in [5, 5.41) is 10.6. The number of aromatic nitrogens is 2. The van der Waals surface area contributed by atoms with E-state index in [9.17, 15) is 4.79 Å². The second-order valence-corrected chi connectivity index (χ2v) is 11.4. The van der Waals surface area contributed by atoms with Crippen LogP contribution in [-0.2, 0) is 4.74 Å². The molecule has 4 aromatic rings. The molecule has 1 N–H and O–H groups in total. The molecule has 1 saturated carbocycles. The molecule has 1 saturated heterocycles. The molecule has 1 aliphatic heterocycles. The van der Waals surface area contributed by atoms with Gasteiger partial charge in [-0.1, -0.05) is 53.5 Å². The summed E-state index contributed by atoms with van der Waals surface area (Å²) in [7, 11) is 0. The molecule has 1 amide bonds. The monoisotopic (exact) mass is 547 g/mol. The second kappa shape index (κ2) is 11.0. The molecule has 7 heteroatoms. The van der Waals surface area contributed by atoms with Gasteiger partial charge in [0.2, 0.25) is 0 Å². The summed E-state index contributed by atoms with van der Waals surface area (Å²) < 4.78 is 5.74. The first-order valence-electron chi connectivity index (χ1n) is 13.5. The van der Waals surface area contributed by atoms with E-state index in [1.807, 2.05) is 29.2 Å². The van der Waals surface area contributed by atoms with Crippen LogP contribution in [0.2, 0.25) is 10.0 Å². The smallest absolute Gasteiger partial charge is 0.410 e. The molecule has 2 aliphatic rings. The molecule has 0 bridgehead atoms. The van der Waals surface area contributed by atoms with Crippen LogP contribution in [0.25, 0.3) is 10.9 Å². The zero-order valence-corrected chi connectivity index (χ0v) is 22.7. The van der Waals surface area contributed by atoms with Crippen molar-refractivity contribution in [3.8, 4) is 0 Å². The van der Waals surface area contributed by atoms with Crippen LogP contribution in [0.4, 0.5) is 4.79 Å². The summed E-state index contributed by atoms with van der Waals surface area (Å²) in [6, 6.07) is 22.6. The molecule has 6 rings (SSSR count). The van der Waals surface area contributed by atoms with Gasteiger partial charge in [-0.15, -0.1) is 0 Å². The van der Waals surface area contributed by atoms with Crippen molar-refractivity contribution in [2.75, 3.05) is 13.1 Å². The van der Waals surface area contributed by atoms with Crippen molar-refractivity contribution >= 4 is 40.2 Å². The molecule has 1 aromatic heterocycles. The fraction of sp³-hybridized carbons (Fsp3) is 0.355. The standard InChI is InChI=1S/C31H31Cl2N3O2/c32-24-10-5-20(6-11-24)29(21-7-12-25(33)13-8-21)23-9-14-28-27(19-23)30(35-34-28)22-15-17-36(18-16-22)31(37)38-26-3-1-2-4-26/h5-14,19,22,26,29H,1-4,15-18H2,(H,34,35).